The van der Waals surface area contributed by atoms with Crippen molar-refractivity contribution in [1.82, 2.24) is 16.0 Å². The van der Waals surface area contributed by atoms with Crippen LogP contribution in [-0.2, 0) is 9.59 Å². The number of hydrogen-bond donors (Lipinski definition) is 4. The first kappa shape index (κ1) is 19.3. The summed E-state index contributed by atoms with van der Waals surface area (Å²) in [4.78, 5) is 33.8. The number of urea groups is 1. The molecule has 0 heterocycles. The van der Waals surface area contributed by atoms with Gasteiger partial charge in [-0.1, -0.05) is 25.7 Å². The first-order chi connectivity index (χ1) is 11.0. The van der Waals surface area contributed by atoms with Gasteiger partial charge in [0.15, 0.2) is 0 Å². The van der Waals surface area contributed by atoms with Crippen molar-refractivity contribution in [2.75, 3.05) is 6.54 Å². The molecular weight excluding hydrogens is 298 g/mol. The van der Waals surface area contributed by atoms with Crippen LogP contribution in [0.1, 0.15) is 64.7 Å². The summed E-state index contributed by atoms with van der Waals surface area (Å²) in [5.74, 6) is -1.28. The van der Waals surface area contributed by atoms with Crippen LogP contribution in [-0.4, -0.2) is 41.6 Å². The molecule has 1 aliphatic carbocycles. The Hall–Kier alpha value is -1.79. The lowest BCUT2D eigenvalue weighted by molar-refractivity contribution is -0.141. The van der Waals surface area contributed by atoms with Gasteiger partial charge in [0.1, 0.15) is 6.04 Å². The van der Waals surface area contributed by atoms with Crippen molar-refractivity contribution in [3.63, 3.8) is 0 Å². The molecule has 1 rings (SSSR count). The average molecular weight is 327 g/mol. The lowest BCUT2D eigenvalue weighted by atomic mass is 9.96. The van der Waals surface area contributed by atoms with Gasteiger partial charge in [0.25, 0.3) is 0 Å². The predicted molar refractivity (Wildman–Crippen MR) is 87.1 cm³/mol. The summed E-state index contributed by atoms with van der Waals surface area (Å²) in [5.41, 5.74) is 0. The molecule has 132 valence electrons. The highest BCUT2D eigenvalue weighted by molar-refractivity contribution is 5.83. The third-order valence-electron chi connectivity index (χ3n) is 4.05. The van der Waals surface area contributed by atoms with E-state index in [4.69, 9.17) is 5.11 Å². The average Bonchev–Trinajstić information content (AvgIpc) is 2.51. The molecule has 0 aromatic carbocycles. The maximum atomic E-state index is 11.7. The molecule has 4 N–H and O–H groups in total. The molecule has 7 heteroatoms. The zero-order valence-corrected chi connectivity index (χ0v) is 13.9. The number of carboxylic acid groups (broad SMARTS) is 1. The number of nitrogens with one attached hydrogen (secondary N) is 3. The first-order valence-corrected chi connectivity index (χ1v) is 8.55. The molecule has 0 aromatic rings. The van der Waals surface area contributed by atoms with Crippen molar-refractivity contribution in [2.45, 2.75) is 76.8 Å². The zero-order chi connectivity index (χ0) is 17.1. The Kier molecular flexibility index (Phi) is 9.09. The molecule has 3 amide bonds. The Bertz CT molecular complexity index is 395. The molecule has 1 fully saturated rings. The fourth-order valence-electron chi connectivity index (χ4n) is 2.65. The van der Waals surface area contributed by atoms with E-state index in [-0.39, 0.29) is 11.9 Å². The van der Waals surface area contributed by atoms with Gasteiger partial charge in [0, 0.05) is 19.0 Å². The Balaban J connectivity index is 1.97. The van der Waals surface area contributed by atoms with E-state index in [0.717, 1.165) is 25.7 Å². The minimum Gasteiger partial charge on any atom is -0.480 e. The van der Waals surface area contributed by atoms with Gasteiger partial charge in [-0.25, -0.2) is 4.79 Å². The molecule has 0 radical (unpaired) electrons. The minimum absolute atomic E-state index is 0.107. The fraction of sp³-hybridized carbons (Fsp3) is 0.812. The van der Waals surface area contributed by atoms with E-state index >= 15 is 0 Å². The Morgan fingerprint density at radius 2 is 1.78 bits per heavy atom. The maximum absolute atomic E-state index is 11.7. The molecule has 1 aliphatic rings. The highest BCUT2D eigenvalue weighted by Gasteiger charge is 2.15. The van der Waals surface area contributed by atoms with Gasteiger partial charge in [-0.2, -0.15) is 0 Å². The van der Waals surface area contributed by atoms with E-state index in [1.807, 2.05) is 0 Å². The van der Waals surface area contributed by atoms with Crippen molar-refractivity contribution < 1.29 is 19.5 Å². The number of carbonyl (C=O) groups excluding carboxylic acids is 2. The quantitative estimate of drug-likeness (QED) is 0.484. The summed E-state index contributed by atoms with van der Waals surface area (Å²) in [6.07, 6.45) is 8.39. The second-order valence-corrected chi connectivity index (χ2v) is 6.17. The number of hydrogen-bond acceptors (Lipinski definition) is 3. The molecular formula is C16H29N3O4. The molecule has 0 bridgehead atoms. The van der Waals surface area contributed by atoms with Crippen LogP contribution in [0.4, 0.5) is 4.79 Å². The second kappa shape index (κ2) is 10.9. The lowest BCUT2D eigenvalue weighted by Crippen LogP contribution is -2.43. The SMILES string of the molecule is CC(NC(=O)CCCCCNC(=O)NC1CCCCC1)C(=O)O. The summed E-state index contributed by atoms with van der Waals surface area (Å²) in [7, 11) is 0. The first-order valence-electron chi connectivity index (χ1n) is 8.55. The standard InChI is InChI=1S/C16H29N3O4/c1-12(15(21)22)18-14(20)10-6-3-7-11-17-16(23)19-13-8-4-2-5-9-13/h12-13H,2-11H2,1H3,(H,18,20)(H,21,22)(H2,17,19,23). The molecule has 0 spiro atoms. The van der Waals surface area contributed by atoms with E-state index < -0.39 is 12.0 Å². The lowest BCUT2D eigenvalue weighted by Gasteiger charge is -2.22. The topological polar surface area (TPSA) is 108 Å². The van der Waals surface area contributed by atoms with Crippen molar-refractivity contribution >= 4 is 17.9 Å². The summed E-state index contributed by atoms with van der Waals surface area (Å²) in [6.45, 7) is 2.03. The molecule has 1 saturated carbocycles. The Morgan fingerprint density at radius 3 is 2.43 bits per heavy atom. The number of unbranched alkanes of at least 4 members (excludes halogenated alkanes) is 2. The highest BCUT2D eigenvalue weighted by atomic mass is 16.4. The number of carboxylic acids is 1. The molecule has 0 saturated heterocycles. The van der Waals surface area contributed by atoms with Crippen LogP contribution in [0, 0.1) is 0 Å². The number of rotatable bonds is 9. The van der Waals surface area contributed by atoms with Crippen molar-refractivity contribution in [3.8, 4) is 0 Å². The number of carbonyl (C=O) groups is 3. The summed E-state index contributed by atoms with van der Waals surface area (Å²) >= 11 is 0. The molecule has 1 unspecified atom stereocenters. The van der Waals surface area contributed by atoms with Crippen molar-refractivity contribution in [2.24, 2.45) is 0 Å². The van der Waals surface area contributed by atoms with Crippen molar-refractivity contribution in [3.05, 3.63) is 0 Å². The fourth-order valence-corrected chi connectivity index (χ4v) is 2.65. The van der Waals surface area contributed by atoms with Gasteiger partial charge < -0.3 is 21.1 Å². The van der Waals surface area contributed by atoms with Crippen LogP contribution < -0.4 is 16.0 Å². The third kappa shape index (κ3) is 9.05. The van der Waals surface area contributed by atoms with Gasteiger partial charge >= 0.3 is 12.0 Å². The minimum atomic E-state index is -1.04. The number of amides is 3. The van der Waals surface area contributed by atoms with Gasteiger partial charge in [-0.3, -0.25) is 9.59 Å². The monoisotopic (exact) mass is 327 g/mol. The van der Waals surface area contributed by atoms with E-state index in [9.17, 15) is 14.4 Å². The molecule has 1 atom stereocenters. The van der Waals surface area contributed by atoms with Gasteiger partial charge in [-0.05, 0) is 32.6 Å². The smallest absolute Gasteiger partial charge is 0.325 e. The van der Waals surface area contributed by atoms with Crippen molar-refractivity contribution in [1.29, 1.82) is 0 Å². The second-order valence-electron chi connectivity index (χ2n) is 6.17. The van der Waals surface area contributed by atoms with Gasteiger partial charge in [-0.15, -0.1) is 0 Å². The maximum Gasteiger partial charge on any atom is 0.325 e. The van der Waals surface area contributed by atoms with E-state index in [1.54, 1.807) is 0 Å². The molecule has 23 heavy (non-hydrogen) atoms. The van der Waals surface area contributed by atoms with E-state index in [0.29, 0.717) is 25.4 Å². The molecule has 0 aromatic heterocycles. The van der Waals surface area contributed by atoms with E-state index in [1.165, 1.54) is 26.2 Å². The highest BCUT2D eigenvalue weighted by Crippen LogP contribution is 2.17. The Labute approximate surface area is 137 Å². The van der Waals surface area contributed by atoms with Crippen LogP contribution in [0.5, 0.6) is 0 Å². The molecule has 7 nitrogen and oxygen atoms in total. The number of aliphatic carboxylic acids is 1. The van der Waals surface area contributed by atoms with Crippen LogP contribution in [0.15, 0.2) is 0 Å². The summed E-state index contributed by atoms with van der Waals surface area (Å²) in [6, 6.07) is -0.652. The van der Waals surface area contributed by atoms with Gasteiger partial charge in [0.05, 0.1) is 0 Å². The normalized spacial score (nSPS) is 16.4. The summed E-state index contributed by atoms with van der Waals surface area (Å²) in [5, 5.41) is 16.9. The van der Waals surface area contributed by atoms with Crippen LogP contribution in [0.2, 0.25) is 0 Å². The largest absolute Gasteiger partial charge is 0.480 e. The van der Waals surface area contributed by atoms with E-state index in [2.05, 4.69) is 16.0 Å². The Morgan fingerprint density at radius 1 is 1.09 bits per heavy atom. The third-order valence-corrected chi connectivity index (χ3v) is 4.05. The molecule has 0 aliphatic heterocycles. The zero-order valence-electron chi connectivity index (χ0n) is 13.9. The van der Waals surface area contributed by atoms with Crippen LogP contribution in [0.3, 0.4) is 0 Å². The summed E-state index contributed by atoms with van der Waals surface area (Å²) < 4.78 is 0. The van der Waals surface area contributed by atoms with Crippen LogP contribution in [0.25, 0.3) is 0 Å². The van der Waals surface area contributed by atoms with Gasteiger partial charge in [0.2, 0.25) is 5.91 Å². The van der Waals surface area contributed by atoms with Crippen LogP contribution >= 0.6 is 0 Å². The predicted octanol–water partition coefficient (Wildman–Crippen LogP) is 1.77.